The van der Waals surface area contributed by atoms with Crippen LogP contribution in [0, 0.1) is 0 Å². The Labute approximate surface area is 60.2 Å². The van der Waals surface area contributed by atoms with Gasteiger partial charge in [-0.1, -0.05) is 18.2 Å². The highest BCUT2D eigenvalue weighted by Crippen LogP contribution is 2.19. The minimum absolute atomic E-state index is 0. The van der Waals surface area contributed by atoms with E-state index in [1.54, 1.807) is 0 Å². The second-order valence-electron chi connectivity index (χ2n) is 2.33. The third-order valence-corrected chi connectivity index (χ3v) is 1.73. The van der Waals surface area contributed by atoms with Crippen LogP contribution in [0.1, 0.15) is 5.56 Å². The molecule has 0 fully saturated rings. The number of fused-ring (bicyclic) bond motifs is 1. The molecule has 1 aromatic carbocycles. The van der Waals surface area contributed by atoms with Gasteiger partial charge in [-0.15, -0.1) is 0 Å². The molecule has 0 radical (unpaired) electrons. The van der Waals surface area contributed by atoms with Crippen molar-refractivity contribution in [3.05, 3.63) is 29.8 Å². The van der Waals surface area contributed by atoms with E-state index in [-0.39, 0.29) is 5.48 Å². The summed E-state index contributed by atoms with van der Waals surface area (Å²) in [4.78, 5) is 0. The molecule has 1 heterocycles. The SMILES string of the molecule is O.c1ccc2c(c1)CCN2. The van der Waals surface area contributed by atoms with Crippen molar-refractivity contribution >= 4 is 5.69 Å². The smallest absolute Gasteiger partial charge is 0.0373 e. The van der Waals surface area contributed by atoms with Gasteiger partial charge in [-0.25, -0.2) is 0 Å². The van der Waals surface area contributed by atoms with Gasteiger partial charge in [-0.2, -0.15) is 0 Å². The summed E-state index contributed by atoms with van der Waals surface area (Å²) >= 11 is 0. The van der Waals surface area contributed by atoms with Crippen LogP contribution in [0.2, 0.25) is 0 Å². The van der Waals surface area contributed by atoms with Gasteiger partial charge >= 0.3 is 0 Å². The zero-order valence-corrected chi connectivity index (χ0v) is 5.72. The Morgan fingerprint density at radius 2 is 2.00 bits per heavy atom. The summed E-state index contributed by atoms with van der Waals surface area (Å²) in [7, 11) is 0. The van der Waals surface area contributed by atoms with Crippen molar-refractivity contribution in [1.29, 1.82) is 0 Å². The molecule has 10 heavy (non-hydrogen) atoms. The Hall–Kier alpha value is -1.02. The molecule has 0 saturated carbocycles. The molecular formula is C8H11NO. The van der Waals surface area contributed by atoms with Crippen molar-refractivity contribution in [2.45, 2.75) is 6.42 Å². The normalized spacial score (nSPS) is 13.2. The molecular weight excluding hydrogens is 126 g/mol. The van der Waals surface area contributed by atoms with Gasteiger partial charge < -0.3 is 10.8 Å². The minimum atomic E-state index is 0. The van der Waals surface area contributed by atoms with Crippen molar-refractivity contribution in [1.82, 2.24) is 0 Å². The Kier molecular flexibility index (Phi) is 1.92. The summed E-state index contributed by atoms with van der Waals surface area (Å²) < 4.78 is 0. The van der Waals surface area contributed by atoms with E-state index in [0.717, 1.165) is 6.54 Å². The molecule has 0 amide bonds. The number of hydrogen-bond donors (Lipinski definition) is 1. The number of rotatable bonds is 0. The molecule has 2 nitrogen and oxygen atoms in total. The summed E-state index contributed by atoms with van der Waals surface area (Å²) in [5, 5.41) is 3.30. The molecule has 0 atom stereocenters. The lowest BCUT2D eigenvalue weighted by Crippen LogP contribution is -1.90. The highest BCUT2D eigenvalue weighted by molar-refractivity contribution is 5.54. The third-order valence-electron chi connectivity index (χ3n) is 1.73. The third kappa shape index (κ3) is 0.977. The van der Waals surface area contributed by atoms with E-state index in [0.29, 0.717) is 0 Å². The summed E-state index contributed by atoms with van der Waals surface area (Å²) in [6.07, 6.45) is 1.19. The van der Waals surface area contributed by atoms with Gasteiger partial charge in [0.25, 0.3) is 0 Å². The fraction of sp³-hybridized carbons (Fsp3) is 0.250. The van der Waals surface area contributed by atoms with Gasteiger partial charge in [-0.05, 0) is 18.1 Å². The molecule has 3 N–H and O–H groups in total. The standard InChI is InChI=1S/C8H9N.H2O/c1-2-4-8-7(3-1)5-6-9-8;/h1-4,9H,5-6H2;1H2. The summed E-state index contributed by atoms with van der Waals surface area (Å²) in [6.45, 7) is 1.11. The number of para-hydroxylation sites is 1. The fourth-order valence-electron chi connectivity index (χ4n) is 1.24. The van der Waals surface area contributed by atoms with Gasteiger partial charge in [-0.3, -0.25) is 0 Å². The molecule has 0 unspecified atom stereocenters. The largest absolute Gasteiger partial charge is 0.412 e. The molecule has 2 rings (SSSR count). The van der Waals surface area contributed by atoms with Crippen LogP contribution in [0.15, 0.2) is 24.3 Å². The monoisotopic (exact) mass is 137 g/mol. The van der Waals surface area contributed by atoms with Crippen LogP contribution in [-0.4, -0.2) is 12.0 Å². The van der Waals surface area contributed by atoms with E-state index in [1.165, 1.54) is 17.7 Å². The lowest BCUT2D eigenvalue weighted by atomic mass is 10.2. The Bertz CT molecular complexity index is 199. The first-order valence-corrected chi connectivity index (χ1v) is 3.28. The second kappa shape index (κ2) is 2.71. The Balaban J connectivity index is 0.000000500. The number of anilines is 1. The Morgan fingerprint density at radius 3 is 2.80 bits per heavy atom. The van der Waals surface area contributed by atoms with E-state index in [2.05, 4.69) is 29.6 Å². The maximum atomic E-state index is 3.30. The van der Waals surface area contributed by atoms with Crippen LogP contribution < -0.4 is 5.32 Å². The van der Waals surface area contributed by atoms with Gasteiger partial charge in [0.15, 0.2) is 0 Å². The highest BCUT2D eigenvalue weighted by atomic mass is 16.0. The average molecular weight is 137 g/mol. The van der Waals surface area contributed by atoms with E-state index in [1.807, 2.05) is 0 Å². The molecule has 1 aliphatic heterocycles. The number of benzene rings is 1. The molecule has 0 aliphatic carbocycles. The highest BCUT2D eigenvalue weighted by Gasteiger charge is 2.05. The van der Waals surface area contributed by atoms with Crippen LogP contribution >= 0.6 is 0 Å². The first-order valence-electron chi connectivity index (χ1n) is 3.28. The quantitative estimate of drug-likeness (QED) is 0.565. The van der Waals surface area contributed by atoms with Crippen molar-refractivity contribution in [2.75, 3.05) is 11.9 Å². The van der Waals surface area contributed by atoms with Crippen LogP contribution in [0.25, 0.3) is 0 Å². The lowest BCUT2D eigenvalue weighted by Gasteiger charge is -1.94. The lowest BCUT2D eigenvalue weighted by molar-refractivity contribution is 0.824. The predicted octanol–water partition coefficient (Wildman–Crippen LogP) is 0.830. The molecule has 54 valence electrons. The maximum Gasteiger partial charge on any atom is 0.0373 e. The summed E-state index contributed by atoms with van der Waals surface area (Å²) in [5.74, 6) is 0. The minimum Gasteiger partial charge on any atom is -0.412 e. The summed E-state index contributed by atoms with van der Waals surface area (Å²) in [5.41, 5.74) is 2.77. The van der Waals surface area contributed by atoms with Crippen LogP contribution in [0.3, 0.4) is 0 Å². The van der Waals surface area contributed by atoms with E-state index >= 15 is 0 Å². The fourth-order valence-corrected chi connectivity index (χ4v) is 1.24. The zero-order valence-electron chi connectivity index (χ0n) is 5.72. The van der Waals surface area contributed by atoms with Crippen LogP contribution in [-0.2, 0) is 6.42 Å². The molecule has 1 aromatic rings. The van der Waals surface area contributed by atoms with Gasteiger partial charge in [0, 0.05) is 12.2 Å². The molecule has 0 aromatic heterocycles. The molecule has 0 saturated heterocycles. The van der Waals surface area contributed by atoms with E-state index < -0.39 is 0 Å². The van der Waals surface area contributed by atoms with Crippen molar-refractivity contribution < 1.29 is 5.48 Å². The van der Waals surface area contributed by atoms with Crippen LogP contribution in [0.4, 0.5) is 5.69 Å². The van der Waals surface area contributed by atoms with Crippen molar-refractivity contribution in [3.8, 4) is 0 Å². The van der Waals surface area contributed by atoms with E-state index in [9.17, 15) is 0 Å². The van der Waals surface area contributed by atoms with E-state index in [4.69, 9.17) is 0 Å². The number of hydrogen-bond acceptors (Lipinski definition) is 1. The Morgan fingerprint density at radius 1 is 1.20 bits per heavy atom. The molecule has 1 aliphatic rings. The van der Waals surface area contributed by atoms with Gasteiger partial charge in [0.1, 0.15) is 0 Å². The topological polar surface area (TPSA) is 43.5 Å². The average Bonchev–Trinajstić information content (AvgIpc) is 2.33. The van der Waals surface area contributed by atoms with Crippen molar-refractivity contribution in [2.24, 2.45) is 0 Å². The molecule has 0 spiro atoms. The van der Waals surface area contributed by atoms with Gasteiger partial charge in [0.05, 0.1) is 0 Å². The van der Waals surface area contributed by atoms with Gasteiger partial charge in [0.2, 0.25) is 0 Å². The predicted molar refractivity (Wildman–Crippen MR) is 42.2 cm³/mol. The number of nitrogens with one attached hydrogen (secondary N) is 1. The first kappa shape index (κ1) is 7.09. The van der Waals surface area contributed by atoms with Crippen LogP contribution in [0.5, 0.6) is 0 Å². The second-order valence-corrected chi connectivity index (χ2v) is 2.33. The molecule has 0 bridgehead atoms. The molecule has 2 heteroatoms. The maximum absolute atomic E-state index is 3.30. The van der Waals surface area contributed by atoms with Crippen molar-refractivity contribution in [3.63, 3.8) is 0 Å². The first-order chi connectivity index (χ1) is 4.47. The summed E-state index contributed by atoms with van der Waals surface area (Å²) in [6, 6.07) is 8.46. The zero-order chi connectivity index (χ0) is 6.10.